The second-order valence-electron chi connectivity index (χ2n) is 5.31. The highest BCUT2D eigenvalue weighted by molar-refractivity contribution is 5.89. The van der Waals surface area contributed by atoms with E-state index in [4.69, 9.17) is 4.74 Å². The molecule has 6 nitrogen and oxygen atoms in total. The third-order valence-electron chi connectivity index (χ3n) is 4.05. The summed E-state index contributed by atoms with van der Waals surface area (Å²) in [6.07, 6.45) is 3.67. The first-order valence-corrected chi connectivity index (χ1v) is 7.29. The molecule has 2 aromatic heterocycles. The summed E-state index contributed by atoms with van der Waals surface area (Å²) in [5.74, 6) is 0.944. The Bertz CT molecular complexity index is 871. The fourth-order valence-electron chi connectivity index (χ4n) is 2.96. The van der Waals surface area contributed by atoms with Crippen LogP contribution in [0.2, 0.25) is 0 Å². The molecule has 3 aromatic rings. The minimum atomic E-state index is -0.343. The van der Waals surface area contributed by atoms with Gasteiger partial charge >= 0.3 is 0 Å². The van der Waals surface area contributed by atoms with Crippen LogP contribution in [0.4, 0.5) is 10.2 Å². The Labute approximate surface area is 132 Å². The molecule has 0 amide bonds. The van der Waals surface area contributed by atoms with E-state index in [1.807, 2.05) is 6.07 Å². The van der Waals surface area contributed by atoms with Gasteiger partial charge < -0.3 is 9.64 Å². The summed E-state index contributed by atoms with van der Waals surface area (Å²) in [6, 6.07) is 4.91. The number of para-hydroxylation sites is 1. The molecule has 0 aliphatic carbocycles. The van der Waals surface area contributed by atoms with Crippen LogP contribution in [-0.2, 0) is 13.0 Å². The van der Waals surface area contributed by atoms with Crippen LogP contribution in [0.3, 0.4) is 0 Å². The number of hydrogen-bond acceptors (Lipinski definition) is 6. The lowest BCUT2D eigenvalue weighted by molar-refractivity contribution is 0.387. The number of fused-ring (bicyclic) bond motifs is 2. The highest BCUT2D eigenvalue weighted by Crippen LogP contribution is 2.30. The third-order valence-corrected chi connectivity index (χ3v) is 4.05. The van der Waals surface area contributed by atoms with Gasteiger partial charge in [0.2, 0.25) is 5.88 Å². The molecular formula is C16H14FN5O. The molecule has 0 N–H and O–H groups in total. The maximum Gasteiger partial charge on any atom is 0.221 e. The first-order chi connectivity index (χ1) is 11.3. The van der Waals surface area contributed by atoms with Crippen molar-refractivity contribution < 1.29 is 9.13 Å². The van der Waals surface area contributed by atoms with E-state index in [-0.39, 0.29) is 5.82 Å². The molecule has 0 atom stereocenters. The zero-order valence-electron chi connectivity index (χ0n) is 12.5. The van der Waals surface area contributed by atoms with E-state index in [0.29, 0.717) is 29.1 Å². The van der Waals surface area contributed by atoms with Gasteiger partial charge in [-0.2, -0.15) is 0 Å². The lowest BCUT2D eigenvalue weighted by atomic mass is 10.1. The fourth-order valence-corrected chi connectivity index (χ4v) is 2.96. The van der Waals surface area contributed by atoms with Crippen LogP contribution in [0.15, 0.2) is 30.9 Å². The van der Waals surface area contributed by atoms with Crippen LogP contribution >= 0.6 is 0 Å². The lowest BCUT2D eigenvalue weighted by Gasteiger charge is -2.30. The summed E-state index contributed by atoms with van der Waals surface area (Å²) in [7, 11) is 1.59. The number of aromatic nitrogens is 4. The predicted octanol–water partition coefficient (Wildman–Crippen LogP) is 2.13. The zero-order valence-corrected chi connectivity index (χ0v) is 12.5. The van der Waals surface area contributed by atoms with E-state index in [9.17, 15) is 4.39 Å². The Morgan fingerprint density at radius 3 is 2.87 bits per heavy atom. The first-order valence-electron chi connectivity index (χ1n) is 7.29. The average Bonchev–Trinajstić information content (AvgIpc) is 2.60. The summed E-state index contributed by atoms with van der Waals surface area (Å²) in [6.45, 7) is 1.32. The van der Waals surface area contributed by atoms with Crippen LogP contribution in [0, 0.1) is 5.82 Å². The van der Waals surface area contributed by atoms with Crippen LogP contribution in [-0.4, -0.2) is 33.6 Å². The molecule has 23 heavy (non-hydrogen) atoms. The number of hydrogen-bond donors (Lipinski definition) is 0. The molecule has 0 spiro atoms. The van der Waals surface area contributed by atoms with Gasteiger partial charge in [-0.05, 0) is 12.1 Å². The van der Waals surface area contributed by atoms with Crippen molar-refractivity contribution in [2.24, 2.45) is 0 Å². The van der Waals surface area contributed by atoms with Crippen molar-refractivity contribution in [1.29, 1.82) is 0 Å². The van der Waals surface area contributed by atoms with Crippen molar-refractivity contribution in [3.63, 3.8) is 0 Å². The lowest BCUT2D eigenvalue weighted by Crippen LogP contribution is -2.32. The van der Waals surface area contributed by atoms with Crippen molar-refractivity contribution in [2.45, 2.75) is 13.0 Å². The smallest absolute Gasteiger partial charge is 0.221 e. The maximum absolute atomic E-state index is 13.9. The largest absolute Gasteiger partial charge is 0.481 e. The molecular weight excluding hydrogens is 297 g/mol. The Balaban J connectivity index is 1.80. The van der Waals surface area contributed by atoms with Gasteiger partial charge in [0.25, 0.3) is 0 Å². The fraction of sp³-hybridized carbons (Fsp3) is 0.250. The number of rotatable bonds is 2. The molecule has 7 heteroatoms. The molecule has 116 valence electrons. The minimum Gasteiger partial charge on any atom is -0.481 e. The van der Waals surface area contributed by atoms with Crippen LogP contribution in [0.1, 0.15) is 11.3 Å². The average molecular weight is 311 g/mol. The Kier molecular flexibility index (Phi) is 3.25. The molecule has 0 saturated heterocycles. The van der Waals surface area contributed by atoms with E-state index >= 15 is 0 Å². The molecule has 0 unspecified atom stereocenters. The Morgan fingerprint density at radius 1 is 1.13 bits per heavy atom. The van der Waals surface area contributed by atoms with Crippen molar-refractivity contribution in [2.75, 3.05) is 18.6 Å². The van der Waals surface area contributed by atoms with Gasteiger partial charge in [0.15, 0.2) is 0 Å². The van der Waals surface area contributed by atoms with E-state index < -0.39 is 0 Å². The monoisotopic (exact) mass is 311 g/mol. The number of benzene rings is 1. The van der Waals surface area contributed by atoms with Gasteiger partial charge in [0.05, 0.1) is 24.9 Å². The summed E-state index contributed by atoms with van der Waals surface area (Å²) in [5.41, 5.74) is 2.27. The molecule has 3 heterocycles. The Morgan fingerprint density at radius 2 is 2.00 bits per heavy atom. The summed E-state index contributed by atoms with van der Waals surface area (Å²) >= 11 is 0. The zero-order chi connectivity index (χ0) is 15.8. The van der Waals surface area contributed by atoms with Crippen molar-refractivity contribution in [3.05, 3.63) is 47.9 Å². The summed E-state index contributed by atoms with van der Waals surface area (Å²) in [5, 5.41) is 0.701. The van der Waals surface area contributed by atoms with E-state index in [1.165, 1.54) is 18.7 Å². The molecule has 0 bridgehead atoms. The van der Waals surface area contributed by atoms with Gasteiger partial charge in [0.1, 0.15) is 29.8 Å². The van der Waals surface area contributed by atoms with Gasteiger partial charge in [0, 0.05) is 18.4 Å². The van der Waals surface area contributed by atoms with E-state index in [1.54, 1.807) is 13.2 Å². The van der Waals surface area contributed by atoms with Crippen molar-refractivity contribution >= 4 is 16.7 Å². The molecule has 0 radical (unpaired) electrons. The normalized spacial score (nSPS) is 13.9. The topological polar surface area (TPSA) is 64.0 Å². The van der Waals surface area contributed by atoms with E-state index in [2.05, 4.69) is 24.8 Å². The minimum absolute atomic E-state index is 0.333. The highest BCUT2D eigenvalue weighted by Gasteiger charge is 2.24. The quantitative estimate of drug-likeness (QED) is 0.722. The van der Waals surface area contributed by atoms with Crippen molar-refractivity contribution in [1.82, 2.24) is 19.9 Å². The van der Waals surface area contributed by atoms with Crippen LogP contribution in [0.5, 0.6) is 5.88 Å². The standard InChI is InChI=1S/C16H14FN5O/c1-23-16-11-7-22(6-5-13(11)18-8-21-16)15-10-3-2-4-12(17)14(10)19-9-20-15/h2-4,8-9H,5-7H2,1H3. The molecule has 1 aliphatic rings. The third kappa shape index (κ3) is 2.25. The van der Waals surface area contributed by atoms with Gasteiger partial charge in [-0.15, -0.1) is 0 Å². The molecule has 1 aromatic carbocycles. The molecule has 0 fully saturated rings. The maximum atomic E-state index is 13.9. The number of halogens is 1. The highest BCUT2D eigenvalue weighted by atomic mass is 19.1. The van der Waals surface area contributed by atoms with Crippen LogP contribution < -0.4 is 9.64 Å². The van der Waals surface area contributed by atoms with Gasteiger partial charge in [-0.3, -0.25) is 0 Å². The van der Waals surface area contributed by atoms with Gasteiger partial charge in [-0.1, -0.05) is 6.07 Å². The van der Waals surface area contributed by atoms with Crippen LogP contribution in [0.25, 0.3) is 10.9 Å². The van der Waals surface area contributed by atoms with Gasteiger partial charge in [-0.25, -0.2) is 24.3 Å². The molecule has 4 rings (SSSR count). The second-order valence-corrected chi connectivity index (χ2v) is 5.31. The number of nitrogens with zero attached hydrogens (tertiary/aromatic N) is 5. The van der Waals surface area contributed by atoms with Crippen molar-refractivity contribution in [3.8, 4) is 5.88 Å². The summed E-state index contributed by atoms with van der Waals surface area (Å²) < 4.78 is 19.3. The second kappa shape index (κ2) is 5.42. The number of ether oxygens (including phenoxy) is 1. The summed E-state index contributed by atoms with van der Waals surface area (Å²) in [4.78, 5) is 19.0. The SMILES string of the molecule is COc1ncnc2c1CN(c1ncnc3c(F)cccc13)CC2. The molecule has 1 aliphatic heterocycles. The van der Waals surface area contributed by atoms with E-state index in [0.717, 1.165) is 24.2 Å². The number of anilines is 1. The predicted molar refractivity (Wildman–Crippen MR) is 82.8 cm³/mol. The number of methoxy groups -OCH3 is 1. The first kappa shape index (κ1) is 13.8. The Hall–Kier alpha value is -2.83. The molecule has 0 saturated carbocycles.